The highest BCUT2D eigenvalue weighted by Crippen LogP contribution is 2.28. The van der Waals surface area contributed by atoms with Crippen LogP contribution in [0.4, 0.5) is 17.3 Å². The topological polar surface area (TPSA) is 123 Å². The van der Waals surface area contributed by atoms with E-state index in [1.54, 1.807) is 4.52 Å². The van der Waals surface area contributed by atoms with E-state index in [1.165, 1.54) is 11.8 Å². The normalized spacial score (nSPS) is 16.4. The van der Waals surface area contributed by atoms with Crippen LogP contribution in [-0.2, 0) is 4.79 Å². The summed E-state index contributed by atoms with van der Waals surface area (Å²) in [5.41, 5.74) is 2.53. The number of fused-ring (bicyclic) bond motifs is 1. The van der Waals surface area contributed by atoms with Gasteiger partial charge in [-0.2, -0.15) is 5.10 Å². The number of H-pyrrole nitrogens is 1. The van der Waals surface area contributed by atoms with Crippen LogP contribution in [0, 0.1) is 6.92 Å². The van der Waals surface area contributed by atoms with Crippen molar-refractivity contribution in [2.24, 2.45) is 0 Å². The molecule has 0 radical (unpaired) electrons. The summed E-state index contributed by atoms with van der Waals surface area (Å²) in [5.74, 6) is 1.27. The SMILES string of the molecule is Cc1cc(Nc2nc(Sc3ccc(NC(=O)CN4CC[C@@H](O)C4)cc3)nn3cccc23)n[nH]1. The molecule has 0 aliphatic carbocycles. The van der Waals surface area contributed by atoms with Crippen LogP contribution in [0.5, 0.6) is 0 Å². The van der Waals surface area contributed by atoms with Crippen molar-refractivity contribution in [1.29, 1.82) is 0 Å². The number of carbonyl (C=O) groups excluding carboxylic acids is 1. The Morgan fingerprint density at radius 1 is 1.30 bits per heavy atom. The van der Waals surface area contributed by atoms with Gasteiger partial charge in [0.2, 0.25) is 11.1 Å². The second-order valence-corrected chi connectivity index (χ2v) is 9.04. The van der Waals surface area contributed by atoms with E-state index in [0.29, 0.717) is 29.8 Å². The van der Waals surface area contributed by atoms with Gasteiger partial charge in [-0.25, -0.2) is 9.50 Å². The number of aromatic amines is 1. The molecule has 4 aromatic rings. The second-order valence-electron chi connectivity index (χ2n) is 7.99. The van der Waals surface area contributed by atoms with Gasteiger partial charge in [0.15, 0.2) is 11.6 Å². The number of benzene rings is 1. The van der Waals surface area contributed by atoms with E-state index in [0.717, 1.165) is 28.3 Å². The van der Waals surface area contributed by atoms with Gasteiger partial charge in [0, 0.05) is 41.6 Å². The molecule has 1 aliphatic heterocycles. The third kappa shape index (κ3) is 5.16. The number of likely N-dealkylation sites (tertiary alicyclic amines) is 1. The van der Waals surface area contributed by atoms with Crippen LogP contribution in [0.2, 0.25) is 0 Å². The first kappa shape index (κ1) is 21.4. The summed E-state index contributed by atoms with van der Waals surface area (Å²) in [6, 6.07) is 13.3. The fourth-order valence-corrected chi connectivity index (χ4v) is 4.47. The number of hydrogen-bond acceptors (Lipinski definition) is 8. The zero-order valence-electron chi connectivity index (χ0n) is 18.0. The smallest absolute Gasteiger partial charge is 0.238 e. The zero-order valence-corrected chi connectivity index (χ0v) is 18.8. The quantitative estimate of drug-likeness (QED) is 0.329. The van der Waals surface area contributed by atoms with Gasteiger partial charge in [-0.3, -0.25) is 14.8 Å². The Morgan fingerprint density at radius 3 is 2.88 bits per heavy atom. The average Bonchev–Trinajstić information content (AvgIpc) is 3.51. The number of hydrogen-bond donors (Lipinski definition) is 4. The number of aliphatic hydroxyl groups is 1. The molecule has 1 aliphatic rings. The summed E-state index contributed by atoms with van der Waals surface area (Å²) in [7, 11) is 0. The van der Waals surface area contributed by atoms with Crippen LogP contribution in [-0.4, -0.2) is 66.4 Å². The third-order valence-corrected chi connectivity index (χ3v) is 6.15. The van der Waals surface area contributed by atoms with Crippen molar-refractivity contribution < 1.29 is 9.90 Å². The van der Waals surface area contributed by atoms with Gasteiger partial charge in [-0.05, 0) is 61.5 Å². The van der Waals surface area contributed by atoms with Crippen LogP contribution in [0.3, 0.4) is 0 Å². The van der Waals surface area contributed by atoms with Gasteiger partial charge in [0.25, 0.3) is 0 Å². The lowest BCUT2D eigenvalue weighted by Gasteiger charge is -2.14. The summed E-state index contributed by atoms with van der Waals surface area (Å²) < 4.78 is 1.78. The Balaban J connectivity index is 1.26. The lowest BCUT2D eigenvalue weighted by molar-refractivity contribution is -0.117. The van der Waals surface area contributed by atoms with E-state index in [2.05, 4.69) is 30.9 Å². The standard InChI is InChI=1S/C22H24N8O2S/c1-14-11-19(27-26-14)24-21-18-3-2-9-30(18)28-22(25-21)33-17-6-4-15(5-7-17)23-20(32)13-29-10-8-16(31)12-29/h2-7,9,11,16,31H,8,10,12-13H2,1H3,(H,23,32)(H2,24,25,26,27,28)/t16-/m1/s1. The van der Waals surface area contributed by atoms with Gasteiger partial charge in [0.05, 0.1) is 12.6 Å². The summed E-state index contributed by atoms with van der Waals surface area (Å²) in [5, 5.41) is 28.0. The lowest BCUT2D eigenvalue weighted by Crippen LogP contribution is -2.32. The molecular formula is C22H24N8O2S. The minimum Gasteiger partial charge on any atom is -0.392 e. The summed E-state index contributed by atoms with van der Waals surface area (Å²) in [4.78, 5) is 19.8. The Kier molecular flexibility index (Phi) is 5.99. The summed E-state index contributed by atoms with van der Waals surface area (Å²) in [6.07, 6.45) is 2.26. The molecule has 0 unspecified atom stereocenters. The van der Waals surface area contributed by atoms with Crippen LogP contribution < -0.4 is 10.6 Å². The van der Waals surface area contributed by atoms with Crippen LogP contribution >= 0.6 is 11.8 Å². The predicted octanol–water partition coefficient (Wildman–Crippen LogP) is 2.66. The van der Waals surface area contributed by atoms with Crippen LogP contribution in [0.25, 0.3) is 5.52 Å². The number of amides is 1. The van der Waals surface area contributed by atoms with Crippen molar-refractivity contribution in [3.05, 3.63) is 54.4 Å². The van der Waals surface area contributed by atoms with Crippen molar-refractivity contribution in [3.63, 3.8) is 0 Å². The average molecular weight is 465 g/mol. The summed E-state index contributed by atoms with van der Waals surface area (Å²) in [6.45, 7) is 3.51. The number of nitrogens with zero attached hydrogens (tertiary/aromatic N) is 5. The molecule has 4 heterocycles. The zero-order chi connectivity index (χ0) is 22.8. The molecule has 1 amide bonds. The van der Waals surface area contributed by atoms with Crippen molar-refractivity contribution in [3.8, 4) is 0 Å². The molecule has 10 nitrogen and oxygen atoms in total. The van der Waals surface area contributed by atoms with E-state index < -0.39 is 0 Å². The number of rotatable bonds is 7. The molecule has 33 heavy (non-hydrogen) atoms. The van der Waals surface area contributed by atoms with Gasteiger partial charge in [0.1, 0.15) is 5.52 Å². The number of aryl methyl sites for hydroxylation is 1. The largest absolute Gasteiger partial charge is 0.392 e. The highest BCUT2D eigenvalue weighted by molar-refractivity contribution is 7.99. The highest BCUT2D eigenvalue weighted by Gasteiger charge is 2.22. The maximum absolute atomic E-state index is 12.3. The molecule has 3 aromatic heterocycles. The van der Waals surface area contributed by atoms with E-state index in [1.807, 2.05) is 60.5 Å². The number of nitrogens with one attached hydrogen (secondary N) is 3. The van der Waals surface area contributed by atoms with Crippen LogP contribution in [0.15, 0.2) is 58.7 Å². The Morgan fingerprint density at radius 2 is 2.15 bits per heavy atom. The number of β-amino-alcohol motifs (C(OH)–C–C–N with tert-alkyl or cyclic N) is 1. The number of anilines is 3. The molecule has 0 spiro atoms. The first-order chi connectivity index (χ1) is 16.0. The molecular weight excluding hydrogens is 440 g/mol. The molecule has 1 atom stereocenters. The molecule has 11 heteroatoms. The lowest BCUT2D eigenvalue weighted by atomic mass is 10.3. The molecule has 1 saturated heterocycles. The molecule has 0 bridgehead atoms. The van der Waals surface area contributed by atoms with Crippen molar-refractivity contribution in [1.82, 2.24) is 29.7 Å². The summed E-state index contributed by atoms with van der Waals surface area (Å²) >= 11 is 1.43. The first-order valence-electron chi connectivity index (χ1n) is 10.6. The number of aromatic nitrogens is 5. The van der Waals surface area contributed by atoms with E-state index >= 15 is 0 Å². The molecule has 170 valence electrons. The minimum atomic E-state index is -0.332. The molecule has 4 N–H and O–H groups in total. The van der Waals surface area contributed by atoms with Crippen molar-refractivity contribution in [2.45, 2.75) is 29.5 Å². The molecule has 1 fully saturated rings. The monoisotopic (exact) mass is 464 g/mol. The Hall–Kier alpha value is -3.41. The van der Waals surface area contributed by atoms with Gasteiger partial charge in [-0.1, -0.05) is 0 Å². The molecule has 0 saturated carbocycles. The van der Waals surface area contributed by atoms with E-state index in [4.69, 9.17) is 0 Å². The predicted molar refractivity (Wildman–Crippen MR) is 126 cm³/mol. The van der Waals surface area contributed by atoms with Crippen LogP contribution in [0.1, 0.15) is 12.1 Å². The fraction of sp³-hybridized carbons (Fsp3) is 0.273. The number of aliphatic hydroxyl groups excluding tert-OH is 1. The van der Waals surface area contributed by atoms with Gasteiger partial charge >= 0.3 is 0 Å². The number of carbonyl (C=O) groups is 1. The van der Waals surface area contributed by atoms with Crippen molar-refractivity contribution >= 4 is 40.5 Å². The maximum atomic E-state index is 12.3. The third-order valence-electron chi connectivity index (χ3n) is 5.29. The first-order valence-corrected chi connectivity index (χ1v) is 11.5. The molecule has 1 aromatic carbocycles. The van der Waals surface area contributed by atoms with Crippen molar-refractivity contribution in [2.75, 3.05) is 30.3 Å². The van der Waals surface area contributed by atoms with Gasteiger partial charge in [-0.15, -0.1) is 5.10 Å². The van der Waals surface area contributed by atoms with E-state index in [-0.39, 0.29) is 18.6 Å². The highest BCUT2D eigenvalue weighted by atomic mass is 32.2. The Bertz CT molecular complexity index is 1270. The second kappa shape index (κ2) is 9.22. The Labute approximate surface area is 194 Å². The minimum absolute atomic E-state index is 0.0878. The fourth-order valence-electron chi connectivity index (χ4n) is 3.72. The molecule has 5 rings (SSSR count). The van der Waals surface area contributed by atoms with E-state index in [9.17, 15) is 9.90 Å². The maximum Gasteiger partial charge on any atom is 0.238 e. The van der Waals surface area contributed by atoms with Gasteiger partial charge < -0.3 is 15.7 Å².